The third-order valence-corrected chi connectivity index (χ3v) is 3.29. The normalized spacial score (nSPS) is 13.8. The first-order chi connectivity index (χ1) is 11.2. The highest BCUT2D eigenvalue weighted by atomic mass is 16.4. The van der Waals surface area contributed by atoms with Crippen molar-refractivity contribution in [3.8, 4) is 0 Å². The number of carbonyl (C=O) groups is 1. The van der Waals surface area contributed by atoms with Gasteiger partial charge in [-0.1, -0.05) is 68.4 Å². The molecule has 0 heterocycles. The van der Waals surface area contributed by atoms with Crippen LogP contribution in [0.4, 0.5) is 0 Å². The molecule has 0 aliphatic rings. The zero-order valence-electron chi connectivity index (χ0n) is 14.4. The van der Waals surface area contributed by atoms with Gasteiger partial charge in [0, 0.05) is 6.42 Å². The molecule has 0 spiro atoms. The molecule has 130 valence electrons. The standard InChI is InChI=1S/C20H32O3/c1-2-3-16-19(21)17-14-12-10-8-6-4-5-7-9-11-13-15-18-20(22)23/h4-5,8-11,14,17,19,21H,2-3,6-7,12-13,15-16,18H2,1H3,(H,22,23)/b5-4-,10-8-,11-9-,17-14-. The highest BCUT2D eigenvalue weighted by Gasteiger charge is 1.95. The Morgan fingerprint density at radius 3 is 2.04 bits per heavy atom. The Morgan fingerprint density at radius 2 is 1.48 bits per heavy atom. The van der Waals surface area contributed by atoms with E-state index in [9.17, 15) is 9.90 Å². The van der Waals surface area contributed by atoms with Gasteiger partial charge in [0.1, 0.15) is 0 Å². The van der Waals surface area contributed by atoms with Crippen molar-refractivity contribution in [2.75, 3.05) is 0 Å². The minimum Gasteiger partial charge on any atom is -0.481 e. The summed E-state index contributed by atoms with van der Waals surface area (Å²) in [6.07, 6.45) is 23.7. The molecule has 3 nitrogen and oxygen atoms in total. The zero-order chi connectivity index (χ0) is 17.2. The Kier molecular flexibility index (Phi) is 15.6. The quantitative estimate of drug-likeness (QED) is 0.342. The Hall–Kier alpha value is -1.61. The van der Waals surface area contributed by atoms with Crippen molar-refractivity contribution in [1.82, 2.24) is 0 Å². The number of hydrogen-bond donors (Lipinski definition) is 2. The maximum atomic E-state index is 10.3. The molecule has 0 aromatic carbocycles. The van der Waals surface area contributed by atoms with Crippen molar-refractivity contribution < 1.29 is 15.0 Å². The van der Waals surface area contributed by atoms with Gasteiger partial charge in [-0.15, -0.1) is 0 Å². The lowest BCUT2D eigenvalue weighted by Gasteiger charge is -2.02. The fraction of sp³-hybridized carbons (Fsp3) is 0.550. The van der Waals surface area contributed by atoms with E-state index >= 15 is 0 Å². The van der Waals surface area contributed by atoms with Crippen molar-refractivity contribution in [1.29, 1.82) is 0 Å². The molecule has 1 unspecified atom stereocenters. The van der Waals surface area contributed by atoms with Gasteiger partial charge in [-0.05, 0) is 38.5 Å². The number of carboxylic acids is 1. The van der Waals surface area contributed by atoms with Crippen molar-refractivity contribution in [3.05, 3.63) is 48.6 Å². The third-order valence-electron chi connectivity index (χ3n) is 3.29. The minimum absolute atomic E-state index is 0.245. The largest absolute Gasteiger partial charge is 0.481 e. The molecule has 0 saturated heterocycles. The van der Waals surface area contributed by atoms with E-state index in [1.54, 1.807) is 0 Å². The molecule has 0 aromatic heterocycles. The predicted molar refractivity (Wildman–Crippen MR) is 97.4 cm³/mol. The summed E-state index contributed by atoms with van der Waals surface area (Å²) in [5.74, 6) is -0.726. The van der Waals surface area contributed by atoms with Crippen molar-refractivity contribution in [3.63, 3.8) is 0 Å². The number of rotatable bonds is 14. The molecule has 0 amide bonds. The van der Waals surface area contributed by atoms with Gasteiger partial charge >= 0.3 is 5.97 Å². The lowest BCUT2D eigenvalue weighted by Crippen LogP contribution is -2.00. The van der Waals surface area contributed by atoms with E-state index in [-0.39, 0.29) is 12.5 Å². The van der Waals surface area contributed by atoms with Crippen LogP contribution < -0.4 is 0 Å². The monoisotopic (exact) mass is 320 g/mol. The van der Waals surface area contributed by atoms with Gasteiger partial charge in [-0.25, -0.2) is 0 Å². The number of unbranched alkanes of at least 4 members (excludes halogenated alkanes) is 2. The van der Waals surface area contributed by atoms with Crippen LogP contribution >= 0.6 is 0 Å². The molecule has 0 radical (unpaired) electrons. The molecule has 0 bridgehead atoms. The molecule has 1 atom stereocenters. The number of hydrogen-bond acceptors (Lipinski definition) is 2. The first kappa shape index (κ1) is 21.4. The van der Waals surface area contributed by atoms with Crippen LogP contribution in [0.2, 0.25) is 0 Å². The van der Waals surface area contributed by atoms with Crippen molar-refractivity contribution in [2.45, 2.75) is 70.8 Å². The summed E-state index contributed by atoms with van der Waals surface area (Å²) in [5, 5.41) is 18.1. The number of aliphatic hydroxyl groups is 1. The average Bonchev–Trinajstić information content (AvgIpc) is 2.52. The summed E-state index contributed by atoms with van der Waals surface area (Å²) in [7, 11) is 0. The summed E-state index contributed by atoms with van der Waals surface area (Å²) < 4.78 is 0. The zero-order valence-corrected chi connectivity index (χ0v) is 14.4. The Labute approximate surface area is 141 Å². The average molecular weight is 320 g/mol. The van der Waals surface area contributed by atoms with E-state index in [2.05, 4.69) is 37.3 Å². The Balaban J connectivity index is 3.53. The van der Waals surface area contributed by atoms with Crippen LogP contribution in [0.15, 0.2) is 48.6 Å². The molecule has 0 saturated carbocycles. The topological polar surface area (TPSA) is 57.5 Å². The van der Waals surface area contributed by atoms with Crippen LogP contribution in [0.1, 0.15) is 64.7 Å². The fourth-order valence-electron chi connectivity index (χ4n) is 1.95. The van der Waals surface area contributed by atoms with Crippen LogP contribution in [0, 0.1) is 0 Å². The van der Waals surface area contributed by atoms with Gasteiger partial charge in [0.25, 0.3) is 0 Å². The maximum absolute atomic E-state index is 10.3. The fourth-order valence-corrected chi connectivity index (χ4v) is 1.95. The van der Waals surface area contributed by atoms with E-state index in [4.69, 9.17) is 5.11 Å². The number of allylic oxidation sites excluding steroid dienone is 7. The predicted octanol–water partition coefficient (Wildman–Crippen LogP) is 5.19. The number of carboxylic acid groups (broad SMARTS) is 1. The number of aliphatic carboxylic acids is 1. The van der Waals surface area contributed by atoms with E-state index in [0.717, 1.165) is 44.9 Å². The molecule has 23 heavy (non-hydrogen) atoms. The summed E-state index contributed by atoms with van der Waals surface area (Å²) in [6, 6.07) is 0. The highest BCUT2D eigenvalue weighted by molar-refractivity contribution is 5.66. The van der Waals surface area contributed by atoms with Gasteiger partial charge in [-0.2, -0.15) is 0 Å². The van der Waals surface area contributed by atoms with Gasteiger partial charge in [0.15, 0.2) is 0 Å². The molecule has 0 aromatic rings. The van der Waals surface area contributed by atoms with Crippen molar-refractivity contribution >= 4 is 5.97 Å². The molecule has 0 aliphatic heterocycles. The van der Waals surface area contributed by atoms with Crippen LogP contribution in [0.25, 0.3) is 0 Å². The van der Waals surface area contributed by atoms with Crippen LogP contribution in [-0.2, 0) is 4.79 Å². The first-order valence-corrected chi connectivity index (χ1v) is 8.68. The second-order valence-electron chi connectivity index (χ2n) is 5.55. The SMILES string of the molecule is CCCCC(O)/C=C\C/C=C\C/C=C\C/C=C\CCCC(=O)O. The van der Waals surface area contributed by atoms with Crippen molar-refractivity contribution in [2.24, 2.45) is 0 Å². The second kappa shape index (κ2) is 16.8. The van der Waals surface area contributed by atoms with E-state index in [1.807, 2.05) is 18.2 Å². The van der Waals surface area contributed by atoms with Crippen LogP contribution in [-0.4, -0.2) is 22.3 Å². The highest BCUT2D eigenvalue weighted by Crippen LogP contribution is 2.02. The molecule has 0 rings (SSSR count). The van der Waals surface area contributed by atoms with Crippen LogP contribution in [0.5, 0.6) is 0 Å². The lowest BCUT2D eigenvalue weighted by atomic mass is 10.1. The maximum Gasteiger partial charge on any atom is 0.303 e. The van der Waals surface area contributed by atoms with Gasteiger partial charge in [0.05, 0.1) is 6.10 Å². The van der Waals surface area contributed by atoms with E-state index < -0.39 is 5.97 Å². The lowest BCUT2D eigenvalue weighted by molar-refractivity contribution is -0.137. The smallest absolute Gasteiger partial charge is 0.303 e. The van der Waals surface area contributed by atoms with Crippen LogP contribution in [0.3, 0.4) is 0 Å². The minimum atomic E-state index is -0.726. The summed E-state index contributed by atoms with van der Waals surface area (Å²) in [4.78, 5) is 10.3. The molecule has 0 fully saturated rings. The summed E-state index contributed by atoms with van der Waals surface area (Å²) >= 11 is 0. The van der Waals surface area contributed by atoms with Gasteiger partial charge < -0.3 is 10.2 Å². The second-order valence-corrected chi connectivity index (χ2v) is 5.55. The third kappa shape index (κ3) is 18.3. The Bertz CT molecular complexity index is 392. The number of aliphatic hydroxyl groups excluding tert-OH is 1. The van der Waals surface area contributed by atoms with E-state index in [0.29, 0.717) is 6.42 Å². The summed E-state index contributed by atoms with van der Waals surface area (Å²) in [6.45, 7) is 2.13. The Morgan fingerprint density at radius 1 is 0.913 bits per heavy atom. The molecule has 2 N–H and O–H groups in total. The van der Waals surface area contributed by atoms with Gasteiger partial charge in [-0.3, -0.25) is 4.79 Å². The first-order valence-electron chi connectivity index (χ1n) is 8.68. The molecule has 0 aliphatic carbocycles. The summed E-state index contributed by atoms with van der Waals surface area (Å²) in [5.41, 5.74) is 0. The molecular formula is C20H32O3. The van der Waals surface area contributed by atoms with E-state index in [1.165, 1.54) is 0 Å². The van der Waals surface area contributed by atoms with Gasteiger partial charge in [0.2, 0.25) is 0 Å². The molecule has 3 heteroatoms. The molecular weight excluding hydrogens is 288 g/mol.